The predicted molar refractivity (Wildman–Crippen MR) is 98.0 cm³/mol. The summed E-state index contributed by atoms with van der Waals surface area (Å²) in [4.78, 5) is 22.9. The first-order chi connectivity index (χ1) is 11.9. The highest BCUT2D eigenvalue weighted by molar-refractivity contribution is 5.94. The van der Waals surface area contributed by atoms with Gasteiger partial charge < -0.3 is 15.2 Å². The molecule has 0 saturated heterocycles. The van der Waals surface area contributed by atoms with Crippen molar-refractivity contribution in [2.75, 3.05) is 7.11 Å². The second-order valence-corrected chi connectivity index (χ2v) is 5.86. The van der Waals surface area contributed by atoms with Crippen LogP contribution in [0.15, 0.2) is 36.4 Å². The Kier molecular flexibility index (Phi) is 5.95. The molecule has 2 aromatic carbocycles. The SMILES string of the molecule is COc1cc(/C=C/c2ccc(C(=O)NC(C)C)cc2)cc(C=O)c1O. The molecule has 5 heteroatoms. The molecular weight excluding hydrogens is 318 g/mol. The molecular formula is C20H21NO4. The summed E-state index contributed by atoms with van der Waals surface area (Å²) in [5.41, 5.74) is 2.39. The lowest BCUT2D eigenvalue weighted by Crippen LogP contribution is -2.29. The van der Waals surface area contributed by atoms with Gasteiger partial charge in [-0.3, -0.25) is 9.59 Å². The van der Waals surface area contributed by atoms with Crippen molar-refractivity contribution in [3.05, 3.63) is 58.7 Å². The van der Waals surface area contributed by atoms with E-state index in [4.69, 9.17) is 4.74 Å². The number of carbonyl (C=O) groups is 2. The number of hydrogen-bond acceptors (Lipinski definition) is 4. The van der Waals surface area contributed by atoms with Crippen molar-refractivity contribution in [3.8, 4) is 11.5 Å². The summed E-state index contributed by atoms with van der Waals surface area (Å²) in [5, 5.41) is 12.7. The molecule has 0 saturated carbocycles. The van der Waals surface area contributed by atoms with Gasteiger partial charge in [0.25, 0.3) is 5.91 Å². The first-order valence-electron chi connectivity index (χ1n) is 7.89. The van der Waals surface area contributed by atoms with Crippen LogP contribution in [0, 0.1) is 0 Å². The lowest BCUT2D eigenvalue weighted by molar-refractivity contribution is 0.0942. The zero-order valence-corrected chi connectivity index (χ0v) is 14.4. The number of carbonyl (C=O) groups excluding carboxylic acids is 2. The molecule has 2 rings (SSSR count). The molecule has 2 N–H and O–H groups in total. The highest BCUT2D eigenvalue weighted by Gasteiger charge is 2.09. The van der Waals surface area contributed by atoms with Crippen LogP contribution in [-0.2, 0) is 0 Å². The summed E-state index contributed by atoms with van der Waals surface area (Å²) < 4.78 is 5.07. The summed E-state index contributed by atoms with van der Waals surface area (Å²) in [6.45, 7) is 3.82. The smallest absolute Gasteiger partial charge is 0.251 e. The number of phenolic OH excluding ortho intramolecular Hbond substituents is 1. The van der Waals surface area contributed by atoms with Crippen LogP contribution in [0.25, 0.3) is 12.2 Å². The number of phenols is 1. The second-order valence-electron chi connectivity index (χ2n) is 5.86. The third-order valence-corrected chi connectivity index (χ3v) is 3.53. The van der Waals surface area contributed by atoms with Crippen molar-refractivity contribution < 1.29 is 19.4 Å². The number of methoxy groups -OCH3 is 1. The lowest BCUT2D eigenvalue weighted by atomic mass is 10.1. The average molecular weight is 339 g/mol. The molecule has 0 radical (unpaired) electrons. The number of aromatic hydroxyl groups is 1. The van der Waals surface area contributed by atoms with Gasteiger partial charge in [-0.05, 0) is 49.2 Å². The topological polar surface area (TPSA) is 75.6 Å². The van der Waals surface area contributed by atoms with Gasteiger partial charge in [0.05, 0.1) is 12.7 Å². The molecule has 5 nitrogen and oxygen atoms in total. The Bertz CT molecular complexity index is 792. The second kappa shape index (κ2) is 8.15. The molecule has 130 valence electrons. The molecule has 2 aromatic rings. The largest absolute Gasteiger partial charge is 0.504 e. The maximum atomic E-state index is 11.9. The molecule has 0 unspecified atom stereocenters. The van der Waals surface area contributed by atoms with E-state index >= 15 is 0 Å². The van der Waals surface area contributed by atoms with Crippen LogP contribution >= 0.6 is 0 Å². The molecule has 0 spiro atoms. The fourth-order valence-electron chi connectivity index (χ4n) is 2.28. The maximum absolute atomic E-state index is 11.9. The third-order valence-electron chi connectivity index (χ3n) is 3.53. The van der Waals surface area contributed by atoms with Crippen LogP contribution < -0.4 is 10.1 Å². The first kappa shape index (κ1) is 18.3. The normalized spacial score (nSPS) is 10.9. The van der Waals surface area contributed by atoms with E-state index < -0.39 is 0 Å². The Hall–Kier alpha value is -3.08. The highest BCUT2D eigenvalue weighted by atomic mass is 16.5. The zero-order valence-electron chi connectivity index (χ0n) is 14.4. The summed E-state index contributed by atoms with van der Waals surface area (Å²) in [5.74, 6) is -0.0375. The van der Waals surface area contributed by atoms with Crippen LogP contribution in [-0.4, -0.2) is 30.5 Å². The standard InChI is InChI=1S/C20H21NO4/c1-13(2)21-20(24)16-8-6-14(7-9-16)4-5-15-10-17(12-22)19(23)18(11-15)25-3/h4-13,23H,1-3H3,(H,21,24)/b5-4+. The summed E-state index contributed by atoms with van der Waals surface area (Å²) in [6, 6.07) is 10.5. The first-order valence-corrected chi connectivity index (χ1v) is 7.89. The van der Waals surface area contributed by atoms with Gasteiger partial charge in [0, 0.05) is 11.6 Å². The molecule has 0 fully saturated rings. The van der Waals surface area contributed by atoms with Crippen LogP contribution in [0.5, 0.6) is 11.5 Å². The Morgan fingerprint density at radius 3 is 2.32 bits per heavy atom. The van der Waals surface area contributed by atoms with Crippen molar-refractivity contribution >= 4 is 24.3 Å². The molecule has 0 aliphatic rings. The third kappa shape index (κ3) is 4.70. The minimum Gasteiger partial charge on any atom is -0.504 e. The maximum Gasteiger partial charge on any atom is 0.251 e. The fourth-order valence-corrected chi connectivity index (χ4v) is 2.28. The van der Waals surface area contributed by atoms with Crippen LogP contribution in [0.2, 0.25) is 0 Å². The van der Waals surface area contributed by atoms with E-state index in [-0.39, 0.29) is 29.0 Å². The van der Waals surface area contributed by atoms with E-state index in [1.54, 1.807) is 30.3 Å². The molecule has 0 aliphatic carbocycles. The molecule has 0 aromatic heterocycles. The number of aldehydes is 1. The monoisotopic (exact) mass is 339 g/mol. The molecule has 0 aliphatic heterocycles. The quantitative estimate of drug-likeness (QED) is 0.624. The molecule has 25 heavy (non-hydrogen) atoms. The Morgan fingerprint density at radius 1 is 1.12 bits per heavy atom. The Balaban J connectivity index is 2.19. The van der Waals surface area contributed by atoms with E-state index in [1.165, 1.54) is 7.11 Å². The highest BCUT2D eigenvalue weighted by Crippen LogP contribution is 2.31. The van der Waals surface area contributed by atoms with Gasteiger partial charge in [0.2, 0.25) is 0 Å². The van der Waals surface area contributed by atoms with Crippen molar-refractivity contribution in [1.29, 1.82) is 0 Å². The van der Waals surface area contributed by atoms with E-state index in [2.05, 4.69) is 5.32 Å². The van der Waals surface area contributed by atoms with Crippen molar-refractivity contribution in [3.63, 3.8) is 0 Å². The fraction of sp³-hybridized carbons (Fsp3) is 0.200. The predicted octanol–water partition coefficient (Wildman–Crippen LogP) is 3.52. The number of amides is 1. The van der Waals surface area contributed by atoms with Gasteiger partial charge >= 0.3 is 0 Å². The van der Waals surface area contributed by atoms with Crippen molar-refractivity contribution in [2.45, 2.75) is 19.9 Å². The zero-order chi connectivity index (χ0) is 18.4. The lowest BCUT2D eigenvalue weighted by Gasteiger charge is -2.08. The van der Waals surface area contributed by atoms with Gasteiger partial charge in [0.15, 0.2) is 17.8 Å². The van der Waals surface area contributed by atoms with E-state index in [1.807, 2.05) is 32.1 Å². The van der Waals surface area contributed by atoms with Crippen LogP contribution in [0.3, 0.4) is 0 Å². The van der Waals surface area contributed by atoms with Crippen LogP contribution in [0.4, 0.5) is 0 Å². The van der Waals surface area contributed by atoms with Crippen molar-refractivity contribution in [1.82, 2.24) is 5.32 Å². The van der Waals surface area contributed by atoms with E-state index in [9.17, 15) is 14.7 Å². The molecule has 0 heterocycles. The minimum absolute atomic E-state index is 0.0866. The molecule has 0 atom stereocenters. The summed E-state index contributed by atoms with van der Waals surface area (Å²) in [6.07, 6.45) is 4.24. The van der Waals surface area contributed by atoms with Gasteiger partial charge in [0.1, 0.15) is 0 Å². The average Bonchev–Trinajstić information content (AvgIpc) is 2.60. The number of benzene rings is 2. The van der Waals surface area contributed by atoms with E-state index in [0.717, 1.165) is 11.1 Å². The van der Waals surface area contributed by atoms with Gasteiger partial charge in [-0.2, -0.15) is 0 Å². The van der Waals surface area contributed by atoms with Gasteiger partial charge in [-0.15, -0.1) is 0 Å². The number of hydrogen-bond donors (Lipinski definition) is 2. The molecule has 0 bridgehead atoms. The number of ether oxygens (including phenoxy) is 1. The van der Waals surface area contributed by atoms with Gasteiger partial charge in [-0.25, -0.2) is 0 Å². The minimum atomic E-state index is -0.171. The van der Waals surface area contributed by atoms with Gasteiger partial charge in [-0.1, -0.05) is 24.3 Å². The number of nitrogens with one attached hydrogen (secondary N) is 1. The Morgan fingerprint density at radius 2 is 1.76 bits per heavy atom. The summed E-state index contributed by atoms with van der Waals surface area (Å²) >= 11 is 0. The molecule has 1 amide bonds. The van der Waals surface area contributed by atoms with Crippen molar-refractivity contribution in [2.24, 2.45) is 0 Å². The van der Waals surface area contributed by atoms with Crippen LogP contribution in [0.1, 0.15) is 45.7 Å². The summed E-state index contributed by atoms with van der Waals surface area (Å²) in [7, 11) is 1.43. The number of rotatable bonds is 6. The Labute approximate surface area is 146 Å². The van der Waals surface area contributed by atoms with E-state index in [0.29, 0.717) is 11.8 Å².